The van der Waals surface area contributed by atoms with Crippen molar-refractivity contribution in [3.63, 3.8) is 0 Å². The van der Waals surface area contributed by atoms with Crippen molar-refractivity contribution >= 4 is 33.6 Å². The van der Waals surface area contributed by atoms with Crippen molar-refractivity contribution in [3.05, 3.63) is 34.7 Å². The zero-order valence-electron chi connectivity index (χ0n) is 15.7. The molecule has 1 aliphatic rings. The van der Waals surface area contributed by atoms with Crippen molar-refractivity contribution in [1.29, 1.82) is 5.26 Å². The highest BCUT2D eigenvalue weighted by Gasteiger charge is 2.28. The molecule has 1 saturated heterocycles. The predicted octanol–water partition coefficient (Wildman–Crippen LogP) is 5.20. The van der Waals surface area contributed by atoms with E-state index in [0.717, 1.165) is 52.9 Å². The summed E-state index contributed by atoms with van der Waals surface area (Å²) in [5.41, 5.74) is 0.638. The minimum absolute atomic E-state index is 0.0451. The molecule has 0 saturated carbocycles. The summed E-state index contributed by atoms with van der Waals surface area (Å²) in [6, 6.07) is 7.82. The van der Waals surface area contributed by atoms with Gasteiger partial charge in [-0.3, -0.25) is 0 Å². The van der Waals surface area contributed by atoms with Crippen molar-refractivity contribution in [3.8, 4) is 11.8 Å². The summed E-state index contributed by atoms with van der Waals surface area (Å²) >= 11 is 1.59. The van der Waals surface area contributed by atoms with Crippen molar-refractivity contribution in [1.82, 2.24) is 4.90 Å². The first-order valence-electron chi connectivity index (χ1n) is 9.30. The Morgan fingerprint density at radius 1 is 1.48 bits per heavy atom. The molecule has 0 N–H and O–H groups in total. The van der Waals surface area contributed by atoms with Crippen LogP contribution in [0.3, 0.4) is 0 Å². The molecule has 1 atom stereocenters. The molecule has 0 aliphatic carbocycles. The number of carbonyl (C=O) groups is 1. The van der Waals surface area contributed by atoms with Gasteiger partial charge >= 0.3 is 6.09 Å². The first-order chi connectivity index (χ1) is 13.2. The molecule has 1 fully saturated rings. The van der Waals surface area contributed by atoms with Gasteiger partial charge in [-0.15, -0.1) is 11.3 Å². The first kappa shape index (κ1) is 19.2. The van der Waals surface area contributed by atoms with E-state index in [1.807, 2.05) is 18.2 Å². The van der Waals surface area contributed by atoms with Crippen molar-refractivity contribution in [2.24, 2.45) is 0 Å². The predicted molar refractivity (Wildman–Crippen MR) is 108 cm³/mol. The van der Waals surface area contributed by atoms with Crippen LogP contribution in [0.15, 0.2) is 24.3 Å². The Balaban J connectivity index is 1.78. The molecule has 6 heteroatoms. The fourth-order valence-corrected chi connectivity index (χ4v) is 4.41. The highest BCUT2D eigenvalue weighted by Crippen LogP contribution is 2.39. The molecule has 3 rings (SSSR count). The number of fused-ring (bicyclic) bond motifs is 1. The van der Waals surface area contributed by atoms with Gasteiger partial charge in [-0.25, -0.2) is 4.79 Å². The maximum absolute atomic E-state index is 12.3. The number of rotatable bonds is 6. The third-order valence-corrected chi connectivity index (χ3v) is 5.83. The van der Waals surface area contributed by atoms with Crippen LogP contribution in [-0.2, 0) is 4.74 Å². The number of ether oxygens (including phenoxy) is 2. The Hall–Kier alpha value is -2.52. The van der Waals surface area contributed by atoms with E-state index >= 15 is 0 Å². The summed E-state index contributed by atoms with van der Waals surface area (Å²) in [4.78, 5) is 15.1. The van der Waals surface area contributed by atoms with E-state index in [4.69, 9.17) is 14.7 Å². The second-order valence-corrected chi connectivity index (χ2v) is 7.64. The van der Waals surface area contributed by atoms with Gasteiger partial charge in [0.05, 0.1) is 36.3 Å². The zero-order chi connectivity index (χ0) is 19.2. The topological polar surface area (TPSA) is 62.6 Å². The van der Waals surface area contributed by atoms with Gasteiger partial charge in [-0.2, -0.15) is 5.26 Å². The van der Waals surface area contributed by atoms with Gasteiger partial charge in [-0.1, -0.05) is 19.4 Å². The lowest BCUT2D eigenvalue weighted by molar-refractivity contribution is 0.102. The number of nitriles is 1. The lowest BCUT2D eigenvalue weighted by Gasteiger charge is -2.21. The number of unbranched alkanes of at least 4 members (excludes halogenated alkanes) is 1. The average molecular weight is 385 g/mol. The van der Waals surface area contributed by atoms with Crippen LogP contribution >= 0.6 is 11.3 Å². The number of benzene rings is 1. The van der Waals surface area contributed by atoms with Gasteiger partial charge in [0.1, 0.15) is 5.75 Å². The molecule has 1 aromatic heterocycles. The van der Waals surface area contributed by atoms with E-state index in [0.29, 0.717) is 12.2 Å². The standard InChI is InChI=1S/C21H24N2O3S/c1-3-4-12-26-21(24)23-11-5-6-16(23)8-10-18-20(25-2)17-9-7-15(14-22)13-19(17)27-18/h7-10,13,16H,3-6,11-12H2,1-2H3/t16-/m0/s1. The summed E-state index contributed by atoms with van der Waals surface area (Å²) in [5.74, 6) is 0.811. The van der Waals surface area contributed by atoms with E-state index in [-0.39, 0.29) is 12.1 Å². The van der Waals surface area contributed by atoms with E-state index in [2.05, 4.69) is 19.1 Å². The fraction of sp³-hybridized carbons (Fsp3) is 0.429. The number of nitrogens with zero attached hydrogens (tertiary/aromatic N) is 2. The van der Waals surface area contributed by atoms with Crippen molar-refractivity contribution in [2.75, 3.05) is 20.3 Å². The van der Waals surface area contributed by atoms with E-state index in [9.17, 15) is 4.79 Å². The number of amides is 1. The smallest absolute Gasteiger partial charge is 0.410 e. The van der Waals surface area contributed by atoms with Crippen LogP contribution in [0.25, 0.3) is 16.2 Å². The van der Waals surface area contributed by atoms with Gasteiger partial charge in [0, 0.05) is 16.6 Å². The molecule has 5 nitrogen and oxygen atoms in total. The summed E-state index contributed by atoms with van der Waals surface area (Å²) in [7, 11) is 1.66. The van der Waals surface area contributed by atoms with Gasteiger partial charge in [0.25, 0.3) is 0 Å². The average Bonchev–Trinajstić information content (AvgIpc) is 3.29. The highest BCUT2D eigenvalue weighted by atomic mass is 32.1. The second-order valence-electron chi connectivity index (χ2n) is 6.55. The van der Waals surface area contributed by atoms with E-state index in [1.165, 1.54) is 0 Å². The van der Waals surface area contributed by atoms with E-state index in [1.54, 1.807) is 29.4 Å². The summed E-state index contributed by atoms with van der Waals surface area (Å²) in [6.45, 7) is 3.29. The quantitative estimate of drug-likeness (QED) is 0.643. The fourth-order valence-electron chi connectivity index (χ4n) is 3.29. The van der Waals surface area contributed by atoms with Crippen molar-refractivity contribution < 1.29 is 14.3 Å². The molecular weight excluding hydrogens is 360 g/mol. The third kappa shape index (κ3) is 4.25. The van der Waals surface area contributed by atoms with Crippen LogP contribution in [0.2, 0.25) is 0 Å². The normalized spacial score (nSPS) is 16.8. The molecule has 0 bridgehead atoms. The molecule has 142 valence electrons. The third-order valence-electron chi connectivity index (χ3n) is 4.73. The van der Waals surface area contributed by atoms with Gasteiger partial charge in [-0.05, 0) is 43.5 Å². The lowest BCUT2D eigenvalue weighted by atomic mass is 10.1. The Kier molecular flexibility index (Phi) is 6.36. The lowest BCUT2D eigenvalue weighted by Crippen LogP contribution is -2.35. The van der Waals surface area contributed by atoms with Crippen LogP contribution in [0.1, 0.15) is 43.0 Å². The Bertz CT molecular complexity index is 881. The minimum Gasteiger partial charge on any atom is -0.495 e. The van der Waals surface area contributed by atoms with Gasteiger partial charge < -0.3 is 14.4 Å². The maximum atomic E-state index is 12.3. The number of carbonyl (C=O) groups excluding carboxylic acids is 1. The number of hydrogen-bond acceptors (Lipinski definition) is 5. The van der Waals surface area contributed by atoms with Crippen molar-refractivity contribution in [2.45, 2.75) is 38.6 Å². The Labute approximate surface area is 163 Å². The summed E-state index contributed by atoms with van der Waals surface area (Å²) in [5, 5.41) is 10.1. The molecule has 0 radical (unpaired) electrons. The van der Waals surface area contributed by atoms with Crippen LogP contribution in [-0.4, -0.2) is 37.3 Å². The molecule has 0 unspecified atom stereocenters. The molecule has 2 heterocycles. The molecule has 2 aromatic rings. The highest BCUT2D eigenvalue weighted by molar-refractivity contribution is 7.20. The molecular formula is C21H24N2O3S. The molecule has 0 spiro atoms. The number of thiophene rings is 1. The first-order valence-corrected chi connectivity index (χ1v) is 10.1. The minimum atomic E-state index is -0.224. The molecule has 1 aliphatic heterocycles. The molecule has 1 aromatic carbocycles. The van der Waals surface area contributed by atoms with E-state index < -0.39 is 0 Å². The number of likely N-dealkylation sites (tertiary alicyclic amines) is 1. The van der Waals surface area contributed by atoms with Gasteiger partial charge in [0.2, 0.25) is 0 Å². The second kappa shape index (κ2) is 8.92. The van der Waals surface area contributed by atoms with Crippen LogP contribution in [0, 0.1) is 11.3 Å². The monoisotopic (exact) mass is 384 g/mol. The largest absolute Gasteiger partial charge is 0.495 e. The Morgan fingerprint density at radius 3 is 3.07 bits per heavy atom. The number of methoxy groups -OCH3 is 1. The van der Waals surface area contributed by atoms with Crippen LogP contribution in [0.5, 0.6) is 5.75 Å². The summed E-state index contributed by atoms with van der Waals surface area (Å²) in [6.07, 6.45) is 7.68. The zero-order valence-corrected chi connectivity index (χ0v) is 16.6. The summed E-state index contributed by atoms with van der Waals surface area (Å²) < 4.78 is 12.0. The number of hydrogen-bond donors (Lipinski definition) is 0. The van der Waals surface area contributed by atoms with Crippen LogP contribution < -0.4 is 4.74 Å². The SMILES string of the molecule is CCCCOC(=O)N1CCC[C@H]1C=Cc1sc2cc(C#N)ccc2c1OC. The molecule has 27 heavy (non-hydrogen) atoms. The van der Waals surface area contributed by atoms with Crippen LogP contribution in [0.4, 0.5) is 4.79 Å². The maximum Gasteiger partial charge on any atom is 0.410 e. The molecule has 1 amide bonds. The Morgan fingerprint density at radius 2 is 2.33 bits per heavy atom. The van der Waals surface area contributed by atoms with Gasteiger partial charge in [0.15, 0.2) is 0 Å².